The zero-order valence-electron chi connectivity index (χ0n) is 25.2. The molecular formula is C35H38FN3O4S. The summed E-state index contributed by atoms with van der Waals surface area (Å²) in [4.78, 5) is 29.7. The highest BCUT2D eigenvalue weighted by Gasteiger charge is 2.35. The fraction of sp³-hybridized carbons (Fsp3) is 0.257. The number of amides is 2. The molecular weight excluding hydrogens is 577 g/mol. The normalized spacial score (nSPS) is 12.6. The summed E-state index contributed by atoms with van der Waals surface area (Å²) in [5.41, 5.74) is 2.58. The number of hydrogen-bond acceptors (Lipinski definition) is 4. The highest BCUT2D eigenvalue weighted by atomic mass is 32.2. The van der Waals surface area contributed by atoms with Gasteiger partial charge in [-0.1, -0.05) is 79.7 Å². The molecule has 230 valence electrons. The Hall–Kier alpha value is -4.50. The van der Waals surface area contributed by atoms with Crippen molar-refractivity contribution in [1.29, 1.82) is 0 Å². The number of halogens is 1. The first-order valence-electron chi connectivity index (χ1n) is 14.6. The lowest BCUT2D eigenvalue weighted by Crippen LogP contribution is -2.54. The Kier molecular flexibility index (Phi) is 10.9. The van der Waals surface area contributed by atoms with Crippen LogP contribution < -0.4 is 9.62 Å². The van der Waals surface area contributed by atoms with Crippen molar-refractivity contribution in [3.05, 3.63) is 132 Å². The van der Waals surface area contributed by atoms with E-state index in [-0.39, 0.29) is 29.8 Å². The maximum absolute atomic E-state index is 14.4. The number of nitrogens with zero attached hydrogens (tertiary/aromatic N) is 2. The Morgan fingerprint density at radius 2 is 1.48 bits per heavy atom. The molecule has 9 heteroatoms. The molecule has 0 radical (unpaired) electrons. The van der Waals surface area contributed by atoms with Crippen molar-refractivity contribution in [3.8, 4) is 0 Å². The van der Waals surface area contributed by atoms with E-state index in [1.807, 2.05) is 57.2 Å². The quantitative estimate of drug-likeness (QED) is 0.203. The Morgan fingerprint density at radius 1 is 0.841 bits per heavy atom. The van der Waals surface area contributed by atoms with E-state index in [2.05, 4.69) is 5.32 Å². The smallest absolute Gasteiger partial charge is 0.264 e. The predicted octanol–water partition coefficient (Wildman–Crippen LogP) is 5.88. The number of carbonyl (C=O) groups is 2. The van der Waals surface area contributed by atoms with E-state index in [0.717, 1.165) is 15.4 Å². The molecule has 0 saturated carbocycles. The zero-order chi connectivity index (χ0) is 31.7. The Balaban J connectivity index is 1.80. The van der Waals surface area contributed by atoms with Gasteiger partial charge in [0.05, 0.1) is 10.6 Å². The average molecular weight is 616 g/mol. The summed E-state index contributed by atoms with van der Waals surface area (Å²) in [6, 6.07) is 28.8. The summed E-state index contributed by atoms with van der Waals surface area (Å²) in [6.45, 7) is 5.10. The number of hydrogen-bond donors (Lipinski definition) is 1. The number of nitrogens with one attached hydrogen (secondary N) is 1. The van der Waals surface area contributed by atoms with Crippen LogP contribution >= 0.6 is 0 Å². The van der Waals surface area contributed by atoms with Crippen molar-refractivity contribution in [3.63, 3.8) is 0 Å². The molecule has 4 aromatic rings. The summed E-state index contributed by atoms with van der Waals surface area (Å²) in [5.74, 6) is -1.36. The van der Waals surface area contributed by atoms with Crippen molar-refractivity contribution >= 4 is 27.5 Å². The first-order chi connectivity index (χ1) is 21.1. The molecule has 1 N–H and O–H groups in total. The van der Waals surface area contributed by atoms with E-state index >= 15 is 0 Å². The lowest BCUT2D eigenvalue weighted by molar-refractivity contribution is -0.140. The van der Waals surface area contributed by atoms with Gasteiger partial charge in [0, 0.05) is 19.0 Å². The minimum absolute atomic E-state index is 0.0302. The van der Waals surface area contributed by atoms with Crippen LogP contribution in [0.4, 0.5) is 10.1 Å². The molecule has 7 nitrogen and oxygen atoms in total. The summed E-state index contributed by atoms with van der Waals surface area (Å²) >= 11 is 0. The van der Waals surface area contributed by atoms with Crippen LogP contribution in [0.3, 0.4) is 0 Å². The highest BCUT2D eigenvalue weighted by Crippen LogP contribution is 2.26. The number of carbonyl (C=O) groups excluding carboxylic acids is 2. The van der Waals surface area contributed by atoms with Gasteiger partial charge >= 0.3 is 0 Å². The van der Waals surface area contributed by atoms with Gasteiger partial charge in [0.1, 0.15) is 18.4 Å². The Labute approximate surface area is 259 Å². The van der Waals surface area contributed by atoms with Crippen LogP contribution in [0.15, 0.2) is 114 Å². The van der Waals surface area contributed by atoms with Gasteiger partial charge in [0.25, 0.3) is 10.0 Å². The predicted molar refractivity (Wildman–Crippen MR) is 171 cm³/mol. The number of sulfonamides is 1. The summed E-state index contributed by atoms with van der Waals surface area (Å²) in [6.07, 6.45) is 0.887. The summed E-state index contributed by atoms with van der Waals surface area (Å²) in [5, 5.41) is 3.00. The zero-order valence-corrected chi connectivity index (χ0v) is 26.0. The van der Waals surface area contributed by atoms with Crippen LogP contribution in [0.1, 0.15) is 37.0 Å². The molecule has 0 fully saturated rings. The molecule has 0 aliphatic carbocycles. The van der Waals surface area contributed by atoms with Crippen molar-refractivity contribution in [2.45, 2.75) is 57.1 Å². The van der Waals surface area contributed by atoms with E-state index in [9.17, 15) is 22.4 Å². The molecule has 0 bridgehead atoms. The SMILES string of the molecule is CC[C@@H](C)NC(=O)[C@H](Cc1ccccc1)N(Cc1ccc(F)cc1)C(=O)CN(c1cccc(C)c1)S(=O)(=O)c1ccccc1. The van der Waals surface area contributed by atoms with Crippen LogP contribution in [0.5, 0.6) is 0 Å². The van der Waals surface area contributed by atoms with E-state index in [4.69, 9.17) is 0 Å². The third kappa shape index (κ3) is 8.32. The molecule has 0 aliphatic rings. The lowest BCUT2D eigenvalue weighted by atomic mass is 10.0. The highest BCUT2D eigenvalue weighted by molar-refractivity contribution is 7.92. The number of rotatable bonds is 13. The second-order valence-corrected chi connectivity index (χ2v) is 12.7. The molecule has 0 heterocycles. The Morgan fingerprint density at radius 3 is 2.09 bits per heavy atom. The molecule has 0 unspecified atom stereocenters. The molecule has 4 aromatic carbocycles. The largest absolute Gasteiger partial charge is 0.352 e. The van der Waals surface area contributed by atoms with E-state index in [0.29, 0.717) is 17.7 Å². The van der Waals surface area contributed by atoms with Crippen molar-refractivity contribution in [2.24, 2.45) is 0 Å². The van der Waals surface area contributed by atoms with Crippen LogP contribution in [0.2, 0.25) is 0 Å². The average Bonchev–Trinajstić information content (AvgIpc) is 3.03. The van der Waals surface area contributed by atoms with Gasteiger partial charge in [-0.2, -0.15) is 0 Å². The molecule has 0 aliphatic heterocycles. The van der Waals surface area contributed by atoms with E-state index < -0.39 is 34.3 Å². The standard InChI is InChI=1S/C35H38FN3O4S/c1-4-27(3)37-35(41)33(23-28-13-7-5-8-14-28)38(24-29-18-20-30(36)21-19-29)34(40)25-39(31-15-11-12-26(2)22-31)44(42,43)32-16-9-6-10-17-32/h5-22,27,33H,4,23-25H2,1-3H3,(H,37,41)/t27-,33+/m1/s1. The first-order valence-corrected chi connectivity index (χ1v) is 16.0. The summed E-state index contributed by atoms with van der Waals surface area (Å²) < 4.78 is 42.9. The second-order valence-electron chi connectivity index (χ2n) is 10.8. The molecule has 0 saturated heterocycles. The number of aryl methyl sites for hydroxylation is 1. The molecule has 0 aromatic heterocycles. The Bertz CT molecular complexity index is 1650. The maximum atomic E-state index is 14.4. The van der Waals surface area contributed by atoms with Gasteiger partial charge in [-0.25, -0.2) is 12.8 Å². The van der Waals surface area contributed by atoms with Crippen molar-refractivity contribution in [2.75, 3.05) is 10.8 Å². The minimum Gasteiger partial charge on any atom is -0.352 e. The fourth-order valence-electron chi connectivity index (χ4n) is 4.81. The van der Waals surface area contributed by atoms with Crippen LogP contribution in [0.25, 0.3) is 0 Å². The first kappa shape index (κ1) is 32.4. The molecule has 44 heavy (non-hydrogen) atoms. The van der Waals surface area contributed by atoms with Gasteiger partial charge in [0.15, 0.2) is 0 Å². The topological polar surface area (TPSA) is 86.8 Å². The monoisotopic (exact) mass is 615 g/mol. The molecule has 2 atom stereocenters. The van der Waals surface area contributed by atoms with Gasteiger partial charge in [-0.15, -0.1) is 0 Å². The van der Waals surface area contributed by atoms with Gasteiger partial charge < -0.3 is 10.2 Å². The van der Waals surface area contributed by atoms with Gasteiger partial charge in [-0.3, -0.25) is 13.9 Å². The van der Waals surface area contributed by atoms with Gasteiger partial charge in [-0.05, 0) is 73.4 Å². The number of anilines is 1. The van der Waals surface area contributed by atoms with Crippen molar-refractivity contribution in [1.82, 2.24) is 10.2 Å². The number of benzene rings is 4. The maximum Gasteiger partial charge on any atom is 0.264 e. The second kappa shape index (κ2) is 14.8. The van der Waals surface area contributed by atoms with Crippen molar-refractivity contribution < 1.29 is 22.4 Å². The third-order valence-electron chi connectivity index (χ3n) is 7.44. The van der Waals surface area contributed by atoms with Crippen LogP contribution in [-0.4, -0.2) is 43.8 Å². The van der Waals surface area contributed by atoms with Crippen LogP contribution in [0, 0.1) is 12.7 Å². The van der Waals surface area contributed by atoms with Gasteiger partial charge in [0.2, 0.25) is 11.8 Å². The minimum atomic E-state index is -4.17. The third-order valence-corrected chi connectivity index (χ3v) is 9.23. The molecule has 2 amide bonds. The van der Waals surface area contributed by atoms with E-state index in [1.54, 1.807) is 48.5 Å². The fourth-order valence-corrected chi connectivity index (χ4v) is 6.24. The van der Waals surface area contributed by atoms with Crippen LogP contribution in [-0.2, 0) is 32.6 Å². The lowest BCUT2D eigenvalue weighted by Gasteiger charge is -2.34. The summed E-state index contributed by atoms with van der Waals surface area (Å²) in [7, 11) is -4.17. The molecule has 0 spiro atoms. The van der Waals surface area contributed by atoms with E-state index in [1.165, 1.54) is 29.2 Å². The molecule has 4 rings (SSSR count).